The summed E-state index contributed by atoms with van der Waals surface area (Å²) in [6, 6.07) is 14.2. The number of nitriles is 3. The fraction of sp³-hybridized carbons (Fsp3) is 0.429. The molecule has 134 valence electrons. The average Bonchev–Trinajstić information content (AvgIpc) is 2.91. The minimum Gasteiger partial charge on any atom is -0.305 e. The van der Waals surface area contributed by atoms with E-state index in [0.717, 1.165) is 24.0 Å². The summed E-state index contributed by atoms with van der Waals surface area (Å²) in [7, 11) is 2.07. The number of hydrogen-bond acceptors (Lipinski definition) is 5. The van der Waals surface area contributed by atoms with Crippen molar-refractivity contribution in [3.05, 3.63) is 46.5 Å². The fourth-order valence-corrected chi connectivity index (χ4v) is 5.37. The summed E-state index contributed by atoms with van der Waals surface area (Å²) < 4.78 is 0. The number of nitrogens with one attached hydrogen (secondary N) is 1. The molecule has 1 saturated heterocycles. The summed E-state index contributed by atoms with van der Waals surface area (Å²) in [5.41, 5.74) is -0.0957. The molecule has 1 aromatic carbocycles. The normalized spacial score (nSPS) is 34.0. The molecule has 2 heterocycles. The van der Waals surface area contributed by atoms with E-state index in [2.05, 4.69) is 30.2 Å². The molecule has 0 radical (unpaired) electrons. The lowest BCUT2D eigenvalue weighted by atomic mass is 9.54. The fourth-order valence-electron chi connectivity index (χ4n) is 5.24. The summed E-state index contributed by atoms with van der Waals surface area (Å²) in [5, 5.41) is 39.0. The number of nitrogens with zero attached hydrogens (tertiary/aromatic N) is 4. The summed E-state index contributed by atoms with van der Waals surface area (Å²) in [6.07, 6.45) is 3.94. The average molecular weight is 376 g/mol. The van der Waals surface area contributed by atoms with Crippen LogP contribution in [0.4, 0.5) is 0 Å². The minimum absolute atomic E-state index is 0.0959. The van der Waals surface area contributed by atoms with Gasteiger partial charge in [0.2, 0.25) is 5.41 Å². The molecule has 1 aliphatic carbocycles. The lowest BCUT2D eigenvalue weighted by molar-refractivity contribution is 0.162. The molecule has 2 aliphatic heterocycles. The first-order valence-electron chi connectivity index (χ1n) is 8.99. The predicted octanol–water partition coefficient (Wildman–Crippen LogP) is 3.65. The van der Waals surface area contributed by atoms with E-state index in [1.54, 1.807) is 12.1 Å². The van der Waals surface area contributed by atoms with Crippen molar-refractivity contribution in [3.63, 3.8) is 0 Å². The Morgan fingerprint density at radius 2 is 1.78 bits per heavy atom. The molecule has 0 aromatic heterocycles. The first-order valence-corrected chi connectivity index (χ1v) is 9.37. The Labute approximate surface area is 163 Å². The third-order valence-electron chi connectivity index (χ3n) is 6.57. The molecule has 2 bridgehead atoms. The van der Waals surface area contributed by atoms with Gasteiger partial charge in [0.15, 0.2) is 0 Å². The van der Waals surface area contributed by atoms with E-state index < -0.39 is 11.3 Å². The van der Waals surface area contributed by atoms with Gasteiger partial charge in [-0.25, -0.2) is 0 Å². The van der Waals surface area contributed by atoms with E-state index in [0.29, 0.717) is 5.02 Å². The molecule has 0 amide bonds. The summed E-state index contributed by atoms with van der Waals surface area (Å²) in [5.74, 6) is -1.24. The van der Waals surface area contributed by atoms with Gasteiger partial charge in [0, 0.05) is 28.9 Å². The van der Waals surface area contributed by atoms with Crippen molar-refractivity contribution < 1.29 is 0 Å². The van der Waals surface area contributed by atoms with Crippen LogP contribution in [0.2, 0.25) is 5.02 Å². The number of rotatable bonds is 1. The van der Waals surface area contributed by atoms with Crippen LogP contribution < -0.4 is 0 Å². The monoisotopic (exact) mass is 375 g/mol. The van der Waals surface area contributed by atoms with Gasteiger partial charge in [-0.15, -0.1) is 0 Å². The van der Waals surface area contributed by atoms with E-state index in [1.807, 2.05) is 18.2 Å². The van der Waals surface area contributed by atoms with Gasteiger partial charge in [0.1, 0.15) is 0 Å². The molecule has 5 atom stereocenters. The third kappa shape index (κ3) is 2.28. The van der Waals surface area contributed by atoms with Gasteiger partial charge >= 0.3 is 0 Å². The highest BCUT2D eigenvalue weighted by Gasteiger charge is 2.60. The van der Waals surface area contributed by atoms with Crippen molar-refractivity contribution in [3.8, 4) is 18.2 Å². The van der Waals surface area contributed by atoms with E-state index in [1.165, 1.54) is 0 Å². The quantitative estimate of drug-likeness (QED) is 0.757. The van der Waals surface area contributed by atoms with Gasteiger partial charge in [-0.05, 0) is 43.2 Å². The lowest BCUT2D eigenvalue weighted by Crippen LogP contribution is -2.55. The first-order chi connectivity index (χ1) is 13.0. The van der Waals surface area contributed by atoms with Crippen LogP contribution in [0, 0.1) is 56.7 Å². The van der Waals surface area contributed by atoms with E-state index >= 15 is 0 Å². The Balaban J connectivity index is 1.97. The van der Waals surface area contributed by atoms with Crippen LogP contribution in [0.5, 0.6) is 0 Å². The number of benzene rings is 1. The van der Waals surface area contributed by atoms with Crippen molar-refractivity contribution in [2.45, 2.75) is 30.8 Å². The topological polar surface area (TPSA) is 98.5 Å². The van der Waals surface area contributed by atoms with Gasteiger partial charge in [-0.3, -0.25) is 4.90 Å². The Morgan fingerprint density at radius 3 is 2.37 bits per heavy atom. The maximum absolute atomic E-state index is 9.93. The maximum Gasteiger partial charge on any atom is 0.203 e. The molecule has 1 aromatic rings. The smallest absolute Gasteiger partial charge is 0.203 e. The van der Waals surface area contributed by atoms with E-state index in [-0.39, 0.29) is 29.6 Å². The highest BCUT2D eigenvalue weighted by atomic mass is 35.5. The SMILES string of the molecule is CN1[C@@H]2C=C3[C@@H]([C@@H](c4ccc(Cl)cc4)[C@@H](C#N)C(=N)C3(C#N)C#N)[C@H]1CC2. The third-order valence-corrected chi connectivity index (χ3v) is 6.83. The number of likely N-dealkylation sites (N-methyl/N-ethyl adjacent to an activating group) is 1. The van der Waals surface area contributed by atoms with Gasteiger partial charge in [-0.1, -0.05) is 29.8 Å². The summed E-state index contributed by atoms with van der Waals surface area (Å²) in [6.45, 7) is 0. The molecule has 0 spiro atoms. The van der Waals surface area contributed by atoms with E-state index in [4.69, 9.17) is 17.0 Å². The van der Waals surface area contributed by atoms with Crippen molar-refractivity contribution in [1.82, 2.24) is 4.90 Å². The van der Waals surface area contributed by atoms with Gasteiger partial charge in [0.25, 0.3) is 0 Å². The molecule has 1 saturated carbocycles. The van der Waals surface area contributed by atoms with Crippen LogP contribution in [-0.4, -0.2) is 29.7 Å². The number of hydrogen-bond donors (Lipinski definition) is 1. The standard InChI is InChI=1S/C21H18ClN5/c1-27-14-6-7-17(27)19-16(8-14)21(10-24,11-25)20(26)15(9-23)18(19)12-2-4-13(22)5-3-12/h2-5,8,14-15,17-19,26H,6-7H2,1H3/t14-,15+,17+,18-,19+/m0/s1. The molecule has 27 heavy (non-hydrogen) atoms. The largest absolute Gasteiger partial charge is 0.305 e. The van der Waals surface area contributed by atoms with Crippen LogP contribution in [-0.2, 0) is 0 Å². The molecule has 4 rings (SSSR count). The zero-order valence-corrected chi connectivity index (χ0v) is 15.6. The zero-order chi connectivity index (χ0) is 19.3. The maximum atomic E-state index is 9.93. The highest BCUT2D eigenvalue weighted by Crippen LogP contribution is 2.57. The molecule has 6 heteroatoms. The molecule has 1 N–H and O–H groups in total. The zero-order valence-electron chi connectivity index (χ0n) is 14.9. The lowest BCUT2D eigenvalue weighted by Gasteiger charge is -2.50. The second-order valence-corrected chi connectivity index (χ2v) is 8.03. The van der Waals surface area contributed by atoms with Crippen molar-refractivity contribution in [2.75, 3.05) is 7.05 Å². The predicted molar refractivity (Wildman–Crippen MR) is 101 cm³/mol. The van der Waals surface area contributed by atoms with Crippen LogP contribution in [0.1, 0.15) is 24.3 Å². The second kappa shape index (κ2) is 6.21. The number of fused-ring (bicyclic) bond motifs is 4. The first kappa shape index (κ1) is 17.7. The van der Waals surface area contributed by atoms with E-state index in [9.17, 15) is 15.8 Å². The van der Waals surface area contributed by atoms with Crippen LogP contribution >= 0.6 is 11.6 Å². The van der Waals surface area contributed by atoms with Crippen molar-refractivity contribution in [2.24, 2.45) is 17.3 Å². The molecule has 5 nitrogen and oxygen atoms in total. The Bertz CT molecular complexity index is 944. The number of halogens is 1. The molecular weight excluding hydrogens is 358 g/mol. The van der Waals surface area contributed by atoms with Crippen molar-refractivity contribution in [1.29, 1.82) is 21.2 Å². The second-order valence-electron chi connectivity index (χ2n) is 7.60. The molecule has 3 aliphatic rings. The minimum atomic E-state index is -1.64. The highest BCUT2D eigenvalue weighted by molar-refractivity contribution is 6.30. The summed E-state index contributed by atoms with van der Waals surface area (Å²) in [4.78, 5) is 2.29. The molecular formula is C21H18ClN5. The van der Waals surface area contributed by atoms with Gasteiger partial charge in [-0.2, -0.15) is 15.8 Å². The van der Waals surface area contributed by atoms with Crippen LogP contribution in [0.3, 0.4) is 0 Å². The Kier molecular flexibility index (Phi) is 4.08. The Hall–Kier alpha value is -2.65. The van der Waals surface area contributed by atoms with Gasteiger partial charge in [0.05, 0.1) is 29.8 Å². The molecule has 0 unspecified atom stereocenters. The van der Waals surface area contributed by atoms with Crippen molar-refractivity contribution >= 4 is 17.3 Å². The summed E-state index contributed by atoms with van der Waals surface area (Å²) >= 11 is 6.05. The van der Waals surface area contributed by atoms with Crippen LogP contribution in [0.25, 0.3) is 0 Å². The van der Waals surface area contributed by atoms with Crippen LogP contribution in [0.15, 0.2) is 35.9 Å². The van der Waals surface area contributed by atoms with Gasteiger partial charge < -0.3 is 5.41 Å². The Morgan fingerprint density at radius 1 is 1.11 bits per heavy atom. The molecule has 2 fully saturated rings.